The maximum Gasteiger partial charge on any atom is 0.389 e. The zero-order valence-electron chi connectivity index (χ0n) is 10.4. The summed E-state index contributed by atoms with van der Waals surface area (Å²) in [6, 6.07) is 3.10. The number of nitrogens with one attached hydrogen (secondary N) is 1. The molecule has 0 radical (unpaired) electrons. The van der Waals surface area contributed by atoms with E-state index in [1.807, 2.05) is 0 Å². The summed E-state index contributed by atoms with van der Waals surface area (Å²) in [5, 5.41) is 20.2. The van der Waals surface area contributed by atoms with Gasteiger partial charge in [0.05, 0.1) is 10.7 Å². The number of phenolic OH excluding ortho intramolecular Hbond substituents is 1. The SMILES string of the molecule is O=[N+]([O-])c1cccc(O)c1NS(=O)(=O)CCCC(F)(F)F. The molecular weight excluding hydrogens is 317 g/mol. The van der Waals surface area contributed by atoms with E-state index in [1.54, 1.807) is 4.72 Å². The summed E-state index contributed by atoms with van der Waals surface area (Å²) >= 11 is 0. The van der Waals surface area contributed by atoms with Crippen LogP contribution >= 0.6 is 0 Å². The molecule has 7 nitrogen and oxygen atoms in total. The molecular formula is C10H11F3N2O5S. The molecule has 0 atom stereocenters. The lowest BCUT2D eigenvalue weighted by atomic mass is 10.2. The Kier molecular flexibility index (Phi) is 4.99. The zero-order chi connectivity index (χ0) is 16.3. The van der Waals surface area contributed by atoms with E-state index in [2.05, 4.69) is 0 Å². The monoisotopic (exact) mass is 328 g/mol. The van der Waals surface area contributed by atoms with Crippen molar-refractivity contribution >= 4 is 21.4 Å². The van der Waals surface area contributed by atoms with Gasteiger partial charge in [-0.1, -0.05) is 6.07 Å². The highest BCUT2D eigenvalue weighted by Gasteiger charge is 2.28. The van der Waals surface area contributed by atoms with Crippen LogP contribution in [0.5, 0.6) is 5.75 Å². The molecule has 0 aliphatic carbocycles. The number of aromatic hydroxyl groups is 1. The summed E-state index contributed by atoms with van der Waals surface area (Å²) in [6.45, 7) is 0. The molecule has 0 bridgehead atoms. The minimum absolute atomic E-state index is 0.672. The van der Waals surface area contributed by atoms with Crippen molar-refractivity contribution in [2.24, 2.45) is 0 Å². The predicted octanol–water partition coefficient (Wildman–Crippen LogP) is 2.38. The Morgan fingerprint density at radius 3 is 2.48 bits per heavy atom. The molecule has 0 aliphatic heterocycles. The van der Waals surface area contributed by atoms with E-state index >= 15 is 0 Å². The van der Waals surface area contributed by atoms with E-state index in [0.717, 1.165) is 18.2 Å². The molecule has 0 saturated heterocycles. The van der Waals surface area contributed by atoms with Crippen LogP contribution in [-0.4, -0.2) is 30.4 Å². The fraction of sp³-hybridized carbons (Fsp3) is 0.400. The van der Waals surface area contributed by atoms with Gasteiger partial charge in [-0.05, 0) is 12.5 Å². The number of hydrogen-bond acceptors (Lipinski definition) is 5. The van der Waals surface area contributed by atoms with Crippen LogP contribution < -0.4 is 4.72 Å². The number of halogens is 3. The Bertz CT molecular complexity index is 630. The highest BCUT2D eigenvalue weighted by molar-refractivity contribution is 7.92. The van der Waals surface area contributed by atoms with Crippen LogP contribution in [0.3, 0.4) is 0 Å². The lowest BCUT2D eigenvalue weighted by molar-refractivity contribution is -0.383. The first-order chi connectivity index (χ1) is 9.52. The number of rotatable bonds is 6. The number of para-hydroxylation sites is 1. The molecule has 0 amide bonds. The maximum atomic E-state index is 11.9. The maximum absolute atomic E-state index is 11.9. The number of phenols is 1. The number of nitro benzene ring substituents is 1. The van der Waals surface area contributed by atoms with E-state index in [9.17, 15) is 36.8 Å². The van der Waals surface area contributed by atoms with Crippen molar-refractivity contribution in [3.63, 3.8) is 0 Å². The summed E-state index contributed by atoms with van der Waals surface area (Å²) in [4.78, 5) is 9.79. The molecule has 21 heavy (non-hydrogen) atoms. The number of anilines is 1. The largest absolute Gasteiger partial charge is 0.505 e. The third kappa shape index (κ3) is 5.45. The smallest absolute Gasteiger partial charge is 0.389 e. The van der Waals surface area contributed by atoms with E-state index in [0.29, 0.717) is 0 Å². The Labute approximate surface area is 117 Å². The lowest BCUT2D eigenvalue weighted by Crippen LogP contribution is -2.19. The van der Waals surface area contributed by atoms with Crippen LogP contribution in [0.15, 0.2) is 18.2 Å². The van der Waals surface area contributed by atoms with Gasteiger partial charge in [0.25, 0.3) is 5.69 Å². The van der Waals surface area contributed by atoms with E-state index in [-0.39, 0.29) is 0 Å². The fourth-order valence-electron chi connectivity index (χ4n) is 1.45. The van der Waals surface area contributed by atoms with Crippen molar-refractivity contribution in [2.45, 2.75) is 19.0 Å². The number of alkyl halides is 3. The highest BCUT2D eigenvalue weighted by atomic mass is 32.2. The molecule has 2 N–H and O–H groups in total. The molecule has 0 aromatic heterocycles. The first-order valence-corrected chi connectivity index (χ1v) is 7.21. The summed E-state index contributed by atoms with van der Waals surface area (Å²) in [5.41, 5.74) is -1.37. The van der Waals surface area contributed by atoms with Gasteiger partial charge in [-0.2, -0.15) is 13.2 Å². The van der Waals surface area contributed by atoms with E-state index in [4.69, 9.17) is 0 Å². The van der Waals surface area contributed by atoms with Gasteiger partial charge in [-0.25, -0.2) is 8.42 Å². The second kappa shape index (κ2) is 6.16. The van der Waals surface area contributed by atoms with Crippen molar-refractivity contribution in [3.8, 4) is 5.75 Å². The Morgan fingerprint density at radius 1 is 1.33 bits per heavy atom. The normalized spacial score (nSPS) is 12.1. The van der Waals surface area contributed by atoms with Crippen molar-refractivity contribution in [3.05, 3.63) is 28.3 Å². The standard InChI is InChI=1S/C10H11F3N2O5S/c11-10(12,13)5-2-6-21(19,20)14-9-7(15(17)18)3-1-4-8(9)16/h1,3-4,14,16H,2,5-6H2. The van der Waals surface area contributed by atoms with Gasteiger partial charge in [0.1, 0.15) is 5.75 Å². The molecule has 1 aromatic rings. The molecule has 0 unspecified atom stereocenters. The molecule has 0 spiro atoms. The van der Waals surface area contributed by atoms with Gasteiger partial charge < -0.3 is 5.11 Å². The number of benzene rings is 1. The number of nitro groups is 1. The number of sulfonamides is 1. The van der Waals surface area contributed by atoms with Crippen LogP contribution in [0.25, 0.3) is 0 Å². The van der Waals surface area contributed by atoms with Gasteiger partial charge in [0, 0.05) is 12.5 Å². The number of hydrogen-bond donors (Lipinski definition) is 2. The van der Waals surface area contributed by atoms with Crippen molar-refractivity contribution < 1.29 is 31.6 Å². The van der Waals surface area contributed by atoms with Gasteiger partial charge >= 0.3 is 6.18 Å². The summed E-state index contributed by atoms with van der Waals surface area (Å²) in [6.07, 6.45) is -6.48. The van der Waals surface area contributed by atoms with Gasteiger partial charge in [0.2, 0.25) is 10.0 Å². The summed E-state index contributed by atoms with van der Waals surface area (Å²) in [7, 11) is -4.25. The predicted molar refractivity (Wildman–Crippen MR) is 67.5 cm³/mol. The highest BCUT2D eigenvalue weighted by Crippen LogP contribution is 2.34. The molecule has 0 fully saturated rings. The molecule has 0 heterocycles. The molecule has 118 valence electrons. The minimum Gasteiger partial charge on any atom is -0.505 e. The molecule has 11 heteroatoms. The third-order valence-corrected chi connectivity index (χ3v) is 3.69. The zero-order valence-corrected chi connectivity index (χ0v) is 11.2. The van der Waals surface area contributed by atoms with Gasteiger partial charge in [-0.3, -0.25) is 14.8 Å². The Morgan fingerprint density at radius 2 is 1.95 bits per heavy atom. The quantitative estimate of drug-likeness (QED) is 0.473. The molecule has 1 rings (SSSR count). The topological polar surface area (TPSA) is 110 Å². The van der Waals surface area contributed by atoms with Crippen LogP contribution in [0.1, 0.15) is 12.8 Å². The van der Waals surface area contributed by atoms with Crippen molar-refractivity contribution in [2.75, 3.05) is 10.5 Å². The first kappa shape index (κ1) is 17.0. The summed E-state index contributed by atoms with van der Waals surface area (Å²) < 4.78 is 60.8. The van der Waals surface area contributed by atoms with E-state index < -0.39 is 56.8 Å². The fourth-order valence-corrected chi connectivity index (χ4v) is 2.60. The summed E-state index contributed by atoms with van der Waals surface area (Å²) in [5.74, 6) is -1.57. The Hall–Kier alpha value is -2.04. The van der Waals surface area contributed by atoms with Crippen LogP contribution in [0.4, 0.5) is 24.5 Å². The van der Waals surface area contributed by atoms with Crippen molar-refractivity contribution in [1.82, 2.24) is 0 Å². The molecule has 0 saturated carbocycles. The van der Waals surface area contributed by atoms with Crippen molar-refractivity contribution in [1.29, 1.82) is 0 Å². The minimum atomic E-state index is -4.49. The van der Waals surface area contributed by atoms with E-state index in [1.165, 1.54) is 0 Å². The van der Waals surface area contributed by atoms with Gasteiger partial charge in [0.15, 0.2) is 5.69 Å². The molecule has 1 aromatic carbocycles. The first-order valence-electron chi connectivity index (χ1n) is 5.55. The van der Waals surface area contributed by atoms with Crippen LogP contribution in [0, 0.1) is 10.1 Å². The van der Waals surface area contributed by atoms with Crippen LogP contribution in [0.2, 0.25) is 0 Å². The lowest BCUT2D eigenvalue weighted by Gasteiger charge is -2.10. The third-order valence-electron chi connectivity index (χ3n) is 2.35. The average molecular weight is 328 g/mol. The second-order valence-electron chi connectivity index (χ2n) is 4.07. The Balaban J connectivity index is 2.87. The average Bonchev–Trinajstić information content (AvgIpc) is 2.29. The second-order valence-corrected chi connectivity index (χ2v) is 5.91. The number of nitrogens with zero attached hydrogens (tertiary/aromatic N) is 1. The molecule has 0 aliphatic rings. The van der Waals surface area contributed by atoms with Crippen LogP contribution in [-0.2, 0) is 10.0 Å². The van der Waals surface area contributed by atoms with Gasteiger partial charge in [-0.15, -0.1) is 0 Å².